The first-order valence-corrected chi connectivity index (χ1v) is 6.34. The maximum Gasteiger partial charge on any atom is 0.213 e. The van der Waals surface area contributed by atoms with E-state index in [1.165, 1.54) is 0 Å². The molecule has 5 nitrogen and oxygen atoms in total. The van der Waals surface area contributed by atoms with Gasteiger partial charge in [-0.2, -0.15) is 0 Å². The van der Waals surface area contributed by atoms with Crippen LogP contribution in [0.15, 0.2) is 22.7 Å². The van der Waals surface area contributed by atoms with E-state index in [4.69, 9.17) is 9.15 Å². The number of pyridine rings is 1. The van der Waals surface area contributed by atoms with Crippen LogP contribution in [-0.4, -0.2) is 16.1 Å². The van der Waals surface area contributed by atoms with Crippen molar-refractivity contribution in [2.24, 2.45) is 0 Å². The van der Waals surface area contributed by atoms with Gasteiger partial charge in [0.25, 0.3) is 0 Å². The van der Waals surface area contributed by atoms with Crippen molar-refractivity contribution in [3.05, 3.63) is 35.7 Å². The molecule has 0 amide bonds. The van der Waals surface area contributed by atoms with Crippen molar-refractivity contribution in [1.29, 1.82) is 0 Å². The van der Waals surface area contributed by atoms with Crippen molar-refractivity contribution in [1.82, 2.24) is 9.97 Å². The summed E-state index contributed by atoms with van der Waals surface area (Å²) in [4.78, 5) is 8.59. The summed E-state index contributed by atoms with van der Waals surface area (Å²) in [5.74, 6) is 2.93. The largest absolute Gasteiger partial charge is 0.487 e. The molecule has 1 N–H and O–H groups in total. The van der Waals surface area contributed by atoms with E-state index in [1.807, 2.05) is 39.8 Å². The van der Waals surface area contributed by atoms with Gasteiger partial charge in [-0.1, -0.05) is 0 Å². The molecule has 2 heterocycles. The zero-order chi connectivity index (χ0) is 13.8. The Kier molecular flexibility index (Phi) is 4.04. The Morgan fingerprint density at radius 2 is 2.16 bits per heavy atom. The monoisotopic (exact) mass is 261 g/mol. The van der Waals surface area contributed by atoms with Crippen LogP contribution >= 0.6 is 0 Å². The van der Waals surface area contributed by atoms with Crippen molar-refractivity contribution in [2.45, 2.75) is 40.3 Å². The number of hydrogen-bond acceptors (Lipinski definition) is 5. The minimum absolute atomic E-state index is 0.107. The molecule has 0 bridgehead atoms. The van der Waals surface area contributed by atoms with Crippen LogP contribution in [-0.2, 0) is 6.54 Å². The molecule has 0 saturated carbocycles. The number of aryl methyl sites for hydroxylation is 2. The highest BCUT2D eigenvalue weighted by atomic mass is 16.5. The van der Waals surface area contributed by atoms with E-state index in [9.17, 15) is 0 Å². The number of aromatic nitrogens is 2. The highest BCUT2D eigenvalue weighted by Gasteiger charge is 2.09. The average Bonchev–Trinajstić information content (AvgIpc) is 2.67. The van der Waals surface area contributed by atoms with Gasteiger partial charge in [0, 0.05) is 6.20 Å². The molecule has 2 rings (SSSR count). The molecule has 0 aromatic carbocycles. The number of nitrogens with one attached hydrogen (secondary N) is 1. The second-order valence-corrected chi connectivity index (χ2v) is 4.62. The van der Waals surface area contributed by atoms with Gasteiger partial charge in [0.2, 0.25) is 5.89 Å². The summed E-state index contributed by atoms with van der Waals surface area (Å²) in [7, 11) is 0. The Bertz CT molecular complexity index is 530. The molecule has 2 aromatic rings. The quantitative estimate of drug-likeness (QED) is 0.896. The lowest BCUT2D eigenvalue weighted by Crippen LogP contribution is -2.09. The van der Waals surface area contributed by atoms with Crippen LogP contribution in [0.2, 0.25) is 0 Å². The minimum atomic E-state index is 0.107. The predicted molar refractivity (Wildman–Crippen MR) is 73.3 cm³/mol. The van der Waals surface area contributed by atoms with Crippen molar-refractivity contribution in [2.75, 3.05) is 5.32 Å². The first kappa shape index (κ1) is 13.4. The molecule has 0 saturated heterocycles. The number of hydrogen-bond donors (Lipinski definition) is 1. The summed E-state index contributed by atoms with van der Waals surface area (Å²) in [5, 5.41) is 3.18. The van der Waals surface area contributed by atoms with E-state index in [2.05, 4.69) is 15.3 Å². The van der Waals surface area contributed by atoms with Gasteiger partial charge >= 0.3 is 0 Å². The second kappa shape index (κ2) is 5.73. The molecule has 2 aromatic heterocycles. The Morgan fingerprint density at radius 3 is 2.79 bits per heavy atom. The number of ether oxygens (including phenoxy) is 1. The van der Waals surface area contributed by atoms with Gasteiger partial charge in [-0.25, -0.2) is 9.97 Å². The number of rotatable bonds is 5. The third-order valence-electron chi connectivity index (χ3n) is 2.61. The van der Waals surface area contributed by atoms with Crippen LogP contribution in [0, 0.1) is 13.8 Å². The number of nitrogens with zero attached hydrogens (tertiary/aromatic N) is 2. The summed E-state index contributed by atoms with van der Waals surface area (Å²) < 4.78 is 11.2. The van der Waals surface area contributed by atoms with Crippen molar-refractivity contribution < 1.29 is 9.15 Å². The molecule has 0 spiro atoms. The van der Waals surface area contributed by atoms with E-state index < -0.39 is 0 Å². The van der Waals surface area contributed by atoms with Crippen LogP contribution < -0.4 is 10.1 Å². The van der Waals surface area contributed by atoms with Crippen molar-refractivity contribution >= 4 is 5.82 Å². The Labute approximate surface area is 113 Å². The number of oxazole rings is 1. The van der Waals surface area contributed by atoms with E-state index in [1.54, 1.807) is 6.20 Å². The predicted octanol–water partition coefficient (Wildman–Crippen LogP) is 3.09. The third-order valence-corrected chi connectivity index (χ3v) is 2.61. The summed E-state index contributed by atoms with van der Waals surface area (Å²) in [6.07, 6.45) is 1.83. The second-order valence-electron chi connectivity index (χ2n) is 4.62. The molecule has 0 fully saturated rings. The molecule has 0 aliphatic carbocycles. The van der Waals surface area contributed by atoms with Gasteiger partial charge in [0.1, 0.15) is 5.76 Å². The fraction of sp³-hybridized carbons (Fsp3) is 0.429. The van der Waals surface area contributed by atoms with E-state index in [0.717, 1.165) is 17.2 Å². The van der Waals surface area contributed by atoms with Gasteiger partial charge in [0.15, 0.2) is 11.6 Å². The van der Waals surface area contributed by atoms with E-state index in [-0.39, 0.29) is 6.10 Å². The maximum absolute atomic E-state index is 5.69. The Balaban J connectivity index is 2.06. The summed E-state index contributed by atoms with van der Waals surface area (Å²) in [5.41, 5.74) is 0.913. The number of anilines is 1. The lowest BCUT2D eigenvalue weighted by molar-refractivity contribution is 0.243. The molecule has 0 unspecified atom stereocenters. The highest BCUT2D eigenvalue weighted by molar-refractivity contribution is 5.49. The summed E-state index contributed by atoms with van der Waals surface area (Å²) in [6, 6.07) is 3.74. The van der Waals surface area contributed by atoms with Crippen LogP contribution in [0.3, 0.4) is 0 Å². The van der Waals surface area contributed by atoms with E-state index >= 15 is 0 Å². The average molecular weight is 261 g/mol. The first-order valence-electron chi connectivity index (χ1n) is 6.34. The third kappa shape index (κ3) is 3.47. The van der Waals surface area contributed by atoms with Crippen LogP contribution in [0.25, 0.3) is 0 Å². The lowest BCUT2D eigenvalue weighted by Gasteiger charge is -2.13. The van der Waals surface area contributed by atoms with Gasteiger partial charge < -0.3 is 14.5 Å². The van der Waals surface area contributed by atoms with E-state index in [0.29, 0.717) is 18.3 Å². The van der Waals surface area contributed by atoms with Crippen molar-refractivity contribution in [3.63, 3.8) is 0 Å². The lowest BCUT2D eigenvalue weighted by atomic mass is 10.4. The van der Waals surface area contributed by atoms with Crippen LogP contribution in [0.5, 0.6) is 5.75 Å². The summed E-state index contributed by atoms with van der Waals surface area (Å²) >= 11 is 0. The standard InChI is InChI=1S/C14H19N3O2/c1-9(2)18-12-6-5-7-15-14(12)16-8-13-17-10(3)11(4)19-13/h5-7,9H,8H2,1-4H3,(H,15,16). The molecule has 0 aliphatic heterocycles. The van der Waals surface area contributed by atoms with Crippen LogP contribution in [0.4, 0.5) is 5.82 Å². The maximum atomic E-state index is 5.69. The zero-order valence-electron chi connectivity index (χ0n) is 11.7. The summed E-state index contributed by atoms with van der Waals surface area (Å²) in [6.45, 7) is 8.28. The normalized spacial score (nSPS) is 10.8. The van der Waals surface area contributed by atoms with Gasteiger partial charge in [-0.15, -0.1) is 0 Å². The highest BCUT2D eigenvalue weighted by Crippen LogP contribution is 2.22. The molecular weight excluding hydrogens is 242 g/mol. The molecule has 0 atom stereocenters. The fourth-order valence-corrected chi connectivity index (χ4v) is 1.65. The fourth-order valence-electron chi connectivity index (χ4n) is 1.65. The first-order chi connectivity index (χ1) is 9.06. The van der Waals surface area contributed by atoms with Crippen LogP contribution in [0.1, 0.15) is 31.2 Å². The molecular formula is C14H19N3O2. The topological polar surface area (TPSA) is 60.2 Å². The molecule has 102 valence electrons. The molecule has 0 aliphatic rings. The molecule has 5 heteroatoms. The van der Waals surface area contributed by atoms with Gasteiger partial charge in [-0.3, -0.25) is 0 Å². The molecule has 19 heavy (non-hydrogen) atoms. The Hall–Kier alpha value is -2.04. The smallest absolute Gasteiger partial charge is 0.213 e. The van der Waals surface area contributed by atoms with Gasteiger partial charge in [0.05, 0.1) is 18.3 Å². The Morgan fingerprint density at radius 1 is 1.37 bits per heavy atom. The molecule has 0 radical (unpaired) electrons. The minimum Gasteiger partial charge on any atom is -0.487 e. The van der Waals surface area contributed by atoms with Gasteiger partial charge in [-0.05, 0) is 39.8 Å². The van der Waals surface area contributed by atoms with Crippen molar-refractivity contribution in [3.8, 4) is 5.75 Å². The SMILES string of the molecule is Cc1nc(CNc2ncccc2OC(C)C)oc1C. The zero-order valence-corrected chi connectivity index (χ0v) is 11.7.